The van der Waals surface area contributed by atoms with Gasteiger partial charge < -0.3 is 5.32 Å². The number of nitro benzene ring substituents is 1. The molecule has 0 aliphatic carbocycles. The van der Waals surface area contributed by atoms with Gasteiger partial charge in [0, 0.05) is 33.1 Å². The number of aromatic nitrogens is 1. The summed E-state index contributed by atoms with van der Waals surface area (Å²) in [6.07, 6.45) is 0. The summed E-state index contributed by atoms with van der Waals surface area (Å²) < 4.78 is 1.33. The number of amides is 3. The smallest absolute Gasteiger partial charge is 0.308 e. The first-order valence-corrected chi connectivity index (χ1v) is 13.1. The highest BCUT2D eigenvalue weighted by Crippen LogP contribution is 2.54. The molecule has 0 unspecified atom stereocenters. The summed E-state index contributed by atoms with van der Waals surface area (Å²) in [4.78, 5) is 64.4. The van der Waals surface area contributed by atoms with E-state index < -0.39 is 39.2 Å². The van der Waals surface area contributed by atoms with Gasteiger partial charge in [0.25, 0.3) is 5.69 Å². The average Bonchev–Trinajstić information content (AvgIpc) is 3.29. The van der Waals surface area contributed by atoms with Crippen molar-refractivity contribution < 1.29 is 19.3 Å². The fourth-order valence-corrected chi connectivity index (χ4v) is 7.79. The third kappa shape index (κ3) is 4.24. The number of nitrogens with one attached hydrogen (secondary N) is 1. The second kappa shape index (κ2) is 9.12. The van der Waals surface area contributed by atoms with E-state index in [9.17, 15) is 29.3 Å². The van der Waals surface area contributed by atoms with E-state index in [1.807, 2.05) is 13.8 Å². The highest BCUT2D eigenvalue weighted by atomic mass is 35.5. The van der Waals surface area contributed by atoms with Crippen LogP contribution in [0.2, 0.25) is 5.02 Å². The van der Waals surface area contributed by atoms with Crippen molar-refractivity contribution in [2.75, 3.05) is 10.2 Å². The number of halogens is 1. The molecule has 2 aliphatic heterocycles. The van der Waals surface area contributed by atoms with Gasteiger partial charge in [0.1, 0.15) is 11.8 Å². The van der Waals surface area contributed by atoms with Gasteiger partial charge in [-0.1, -0.05) is 48.5 Å². The van der Waals surface area contributed by atoms with E-state index in [4.69, 9.17) is 11.6 Å². The van der Waals surface area contributed by atoms with Crippen LogP contribution in [-0.4, -0.2) is 32.5 Å². The molecule has 0 spiro atoms. The molecule has 37 heavy (non-hydrogen) atoms. The number of benzene rings is 2. The molecule has 0 bridgehead atoms. The largest absolute Gasteiger partial charge is 0.325 e. The van der Waals surface area contributed by atoms with Gasteiger partial charge in [-0.15, -0.1) is 0 Å². The summed E-state index contributed by atoms with van der Waals surface area (Å²) in [6, 6.07) is 11.8. The van der Waals surface area contributed by atoms with E-state index in [1.165, 1.54) is 28.8 Å². The van der Waals surface area contributed by atoms with Crippen LogP contribution in [0.4, 0.5) is 17.1 Å². The van der Waals surface area contributed by atoms with E-state index in [0.29, 0.717) is 20.6 Å². The van der Waals surface area contributed by atoms with Crippen molar-refractivity contribution in [3.05, 3.63) is 78.2 Å². The molecule has 2 atom stereocenters. The molecule has 0 saturated carbocycles. The van der Waals surface area contributed by atoms with E-state index in [1.54, 1.807) is 24.3 Å². The van der Waals surface area contributed by atoms with Gasteiger partial charge in [0.2, 0.25) is 17.7 Å². The van der Waals surface area contributed by atoms with Crippen LogP contribution in [0.25, 0.3) is 0 Å². The summed E-state index contributed by atoms with van der Waals surface area (Å²) in [6.45, 7) is 3.35. The minimum Gasteiger partial charge on any atom is -0.325 e. The Bertz CT molecular complexity index is 1510. The molecule has 13 heteroatoms. The number of fused-ring (bicyclic) bond motifs is 2. The highest BCUT2D eigenvalue weighted by molar-refractivity contribution is 8.00. The topological polar surface area (TPSA) is 132 Å². The van der Waals surface area contributed by atoms with Gasteiger partial charge >= 0.3 is 4.87 Å². The van der Waals surface area contributed by atoms with Crippen molar-refractivity contribution >= 4 is 69.5 Å². The number of carbonyl (C=O) groups is 3. The number of non-ortho nitro benzene ring substituents is 1. The zero-order valence-corrected chi connectivity index (χ0v) is 21.9. The standard InChI is InChI=1S/C24H19ClN4O6S2/c1-24(2)17-18(21(32)28(20(17)31)14-7-9-15(10-8-14)29(34)35)36-22-19(24)37-23(33)27(22)11-16(30)26-13-5-3-12(25)4-6-13/h3-10,17-18H,11H2,1-2H3,(H,26,30)/t17-,18+/m1/s1. The first-order valence-electron chi connectivity index (χ1n) is 11.1. The minimum atomic E-state index is -0.866. The molecular weight excluding hydrogens is 540 g/mol. The molecule has 1 N–H and O–H groups in total. The zero-order valence-electron chi connectivity index (χ0n) is 19.5. The van der Waals surface area contributed by atoms with Crippen LogP contribution in [0, 0.1) is 16.0 Å². The normalized spacial score (nSPS) is 19.9. The van der Waals surface area contributed by atoms with Gasteiger partial charge in [0.15, 0.2) is 0 Å². The van der Waals surface area contributed by atoms with Gasteiger partial charge in [0.05, 0.1) is 21.6 Å². The number of nitrogens with zero attached hydrogens (tertiary/aromatic N) is 3. The summed E-state index contributed by atoms with van der Waals surface area (Å²) in [5.41, 5.74) is -0.252. The Labute approximate surface area is 223 Å². The summed E-state index contributed by atoms with van der Waals surface area (Å²) in [7, 11) is 0. The number of hydrogen-bond acceptors (Lipinski definition) is 8. The van der Waals surface area contributed by atoms with E-state index >= 15 is 0 Å². The zero-order chi connectivity index (χ0) is 26.6. The van der Waals surface area contributed by atoms with Crippen LogP contribution in [0.3, 0.4) is 0 Å². The summed E-state index contributed by atoms with van der Waals surface area (Å²) in [5, 5.41) is 13.9. The molecule has 2 aromatic carbocycles. The second-order valence-corrected chi connectivity index (χ2v) is 11.7. The van der Waals surface area contributed by atoms with Crippen molar-refractivity contribution in [2.45, 2.75) is 36.1 Å². The van der Waals surface area contributed by atoms with Crippen LogP contribution in [0.1, 0.15) is 18.7 Å². The molecular formula is C24H19ClN4O6S2. The van der Waals surface area contributed by atoms with Crippen LogP contribution in [-0.2, 0) is 26.3 Å². The van der Waals surface area contributed by atoms with Crippen molar-refractivity contribution in [1.29, 1.82) is 0 Å². The maximum atomic E-state index is 13.5. The third-order valence-corrected chi connectivity index (χ3v) is 9.53. The number of thioether (sulfide) groups is 1. The molecule has 3 amide bonds. The lowest BCUT2D eigenvalue weighted by Crippen LogP contribution is -2.41. The monoisotopic (exact) mass is 558 g/mol. The maximum absolute atomic E-state index is 13.5. The SMILES string of the molecule is CC1(C)c2sc(=O)n(CC(=O)Nc3ccc(Cl)cc3)c2S[C@@H]2C(=O)N(c3ccc([N+](=O)[O-])cc3)C(=O)[C@@H]21. The first kappa shape index (κ1) is 25.2. The number of nitro groups is 1. The highest BCUT2D eigenvalue weighted by Gasteiger charge is 2.59. The Balaban J connectivity index is 1.45. The average molecular weight is 559 g/mol. The lowest BCUT2D eigenvalue weighted by Gasteiger charge is -2.36. The summed E-state index contributed by atoms with van der Waals surface area (Å²) in [5.74, 6) is -2.07. The molecule has 1 fully saturated rings. The van der Waals surface area contributed by atoms with Crippen LogP contribution in [0.15, 0.2) is 58.4 Å². The Morgan fingerprint density at radius 2 is 1.73 bits per heavy atom. The number of anilines is 2. The predicted molar refractivity (Wildman–Crippen MR) is 140 cm³/mol. The molecule has 190 valence electrons. The molecule has 2 aliphatic rings. The molecule has 1 aromatic heterocycles. The number of imide groups is 1. The number of carbonyl (C=O) groups excluding carboxylic acids is 3. The molecule has 5 rings (SSSR count). The number of hydrogen-bond donors (Lipinski definition) is 1. The lowest BCUT2D eigenvalue weighted by molar-refractivity contribution is -0.384. The van der Waals surface area contributed by atoms with Gasteiger partial charge in [-0.25, -0.2) is 4.90 Å². The van der Waals surface area contributed by atoms with Crippen LogP contribution in [0.5, 0.6) is 0 Å². The fourth-order valence-electron chi connectivity index (χ4n) is 4.62. The van der Waals surface area contributed by atoms with Crippen molar-refractivity contribution in [3.8, 4) is 0 Å². The molecule has 10 nitrogen and oxygen atoms in total. The molecule has 0 radical (unpaired) electrons. The number of thiazole rings is 1. The molecule has 1 saturated heterocycles. The van der Waals surface area contributed by atoms with Gasteiger partial charge in [-0.05, 0) is 36.4 Å². The quantitative estimate of drug-likeness (QED) is 0.284. The van der Waals surface area contributed by atoms with E-state index in [0.717, 1.165) is 28.0 Å². The maximum Gasteiger partial charge on any atom is 0.308 e. The second-order valence-electron chi connectivity index (χ2n) is 9.17. The Hall–Kier alpha value is -3.48. The van der Waals surface area contributed by atoms with Crippen LogP contribution >= 0.6 is 34.7 Å². The Kier molecular flexibility index (Phi) is 6.21. The van der Waals surface area contributed by atoms with Crippen LogP contribution < -0.4 is 15.1 Å². The van der Waals surface area contributed by atoms with E-state index in [2.05, 4.69) is 5.32 Å². The molecule has 3 heterocycles. The van der Waals surface area contributed by atoms with Crippen molar-refractivity contribution in [1.82, 2.24) is 4.57 Å². The Morgan fingerprint density at radius 3 is 2.35 bits per heavy atom. The van der Waals surface area contributed by atoms with Gasteiger partial charge in [-0.3, -0.25) is 33.9 Å². The third-order valence-electron chi connectivity index (χ3n) is 6.45. The summed E-state index contributed by atoms with van der Waals surface area (Å²) >= 11 is 7.95. The van der Waals surface area contributed by atoms with Gasteiger partial charge in [-0.2, -0.15) is 0 Å². The van der Waals surface area contributed by atoms with Crippen molar-refractivity contribution in [3.63, 3.8) is 0 Å². The van der Waals surface area contributed by atoms with E-state index in [-0.39, 0.29) is 22.8 Å². The molecule has 3 aromatic rings. The van der Waals surface area contributed by atoms with Crippen molar-refractivity contribution in [2.24, 2.45) is 5.92 Å². The fraction of sp³-hybridized carbons (Fsp3) is 0.250. The Morgan fingerprint density at radius 1 is 1.08 bits per heavy atom. The lowest BCUT2D eigenvalue weighted by atomic mass is 9.76. The number of rotatable bonds is 5. The predicted octanol–water partition coefficient (Wildman–Crippen LogP) is 4.05. The first-order chi connectivity index (χ1) is 17.5. The minimum absolute atomic E-state index is 0.155.